The summed E-state index contributed by atoms with van der Waals surface area (Å²) in [5.41, 5.74) is 0. The number of hydrogen-bond acceptors (Lipinski definition) is 4. The molecule has 1 heterocycles. The van der Waals surface area contributed by atoms with Crippen molar-refractivity contribution in [2.24, 2.45) is 0 Å². The number of benzene rings is 1. The molecule has 1 fully saturated rings. The number of methoxy groups -OCH3 is 1. The predicted molar refractivity (Wildman–Crippen MR) is 74.4 cm³/mol. The van der Waals surface area contributed by atoms with Crippen LogP contribution in [-0.2, 0) is 14.8 Å². The summed E-state index contributed by atoms with van der Waals surface area (Å²) in [5.74, 6) is 0.427. The molecule has 0 spiro atoms. The van der Waals surface area contributed by atoms with Crippen molar-refractivity contribution in [3.63, 3.8) is 0 Å². The van der Waals surface area contributed by atoms with E-state index in [2.05, 4.69) is 0 Å². The van der Waals surface area contributed by atoms with E-state index in [0.717, 1.165) is 6.41 Å². The lowest BCUT2D eigenvalue weighted by molar-refractivity contribution is -0.119. The van der Waals surface area contributed by atoms with Gasteiger partial charge in [-0.3, -0.25) is 4.79 Å². The summed E-state index contributed by atoms with van der Waals surface area (Å²) in [6.45, 7) is 1.36. The summed E-state index contributed by atoms with van der Waals surface area (Å²) in [5, 5.41) is 0.250. The molecule has 20 heavy (non-hydrogen) atoms. The molecule has 1 aromatic carbocycles. The molecule has 1 aliphatic heterocycles. The standard InChI is InChI=1S/C12H15ClN2O4S/c1-19-12-3-2-10(8-11(12)13)20(17,18)15-6-4-14(9-16)5-7-15/h2-3,8-9H,4-7H2,1H3. The highest BCUT2D eigenvalue weighted by molar-refractivity contribution is 7.89. The minimum atomic E-state index is -3.59. The topological polar surface area (TPSA) is 66.9 Å². The molecule has 1 amide bonds. The zero-order valence-electron chi connectivity index (χ0n) is 11.0. The molecule has 8 heteroatoms. The van der Waals surface area contributed by atoms with Crippen LogP contribution >= 0.6 is 11.6 Å². The molecular weight excluding hydrogens is 304 g/mol. The minimum Gasteiger partial charge on any atom is -0.495 e. The lowest BCUT2D eigenvalue weighted by atomic mass is 10.3. The number of piperazine rings is 1. The van der Waals surface area contributed by atoms with E-state index in [4.69, 9.17) is 16.3 Å². The van der Waals surface area contributed by atoms with Crippen LogP contribution in [0.15, 0.2) is 23.1 Å². The maximum Gasteiger partial charge on any atom is 0.243 e. The summed E-state index contributed by atoms with van der Waals surface area (Å²) < 4.78 is 31.3. The molecule has 0 aliphatic carbocycles. The quantitative estimate of drug-likeness (QED) is 0.771. The van der Waals surface area contributed by atoms with Gasteiger partial charge in [0.2, 0.25) is 16.4 Å². The number of rotatable bonds is 4. The molecule has 2 rings (SSSR count). The zero-order valence-corrected chi connectivity index (χ0v) is 12.5. The van der Waals surface area contributed by atoms with E-state index in [1.807, 2.05) is 0 Å². The Morgan fingerprint density at radius 3 is 2.40 bits per heavy atom. The van der Waals surface area contributed by atoms with Crippen LogP contribution in [-0.4, -0.2) is 57.3 Å². The van der Waals surface area contributed by atoms with Gasteiger partial charge in [-0.1, -0.05) is 11.6 Å². The van der Waals surface area contributed by atoms with E-state index in [1.165, 1.54) is 29.6 Å². The smallest absolute Gasteiger partial charge is 0.243 e. The van der Waals surface area contributed by atoms with Gasteiger partial charge in [-0.25, -0.2) is 8.42 Å². The summed E-state index contributed by atoms with van der Waals surface area (Å²) in [7, 11) is -2.12. The molecule has 1 aliphatic rings. The monoisotopic (exact) mass is 318 g/mol. The number of hydrogen-bond donors (Lipinski definition) is 0. The molecule has 0 atom stereocenters. The number of nitrogens with zero attached hydrogens (tertiary/aromatic N) is 2. The van der Waals surface area contributed by atoms with Gasteiger partial charge in [0.25, 0.3) is 0 Å². The van der Waals surface area contributed by atoms with Crippen LogP contribution in [0, 0.1) is 0 Å². The van der Waals surface area contributed by atoms with E-state index in [9.17, 15) is 13.2 Å². The van der Waals surface area contributed by atoms with Gasteiger partial charge in [0.15, 0.2) is 0 Å². The Morgan fingerprint density at radius 1 is 1.25 bits per heavy atom. The lowest BCUT2D eigenvalue weighted by Gasteiger charge is -2.31. The molecule has 6 nitrogen and oxygen atoms in total. The van der Waals surface area contributed by atoms with Crippen LogP contribution in [0.5, 0.6) is 5.75 Å². The van der Waals surface area contributed by atoms with E-state index in [1.54, 1.807) is 4.90 Å². The molecule has 0 saturated carbocycles. The maximum atomic E-state index is 12.5. The number of ether oxygens (including phenoxy) is 1. The Morgan fingerprint density at radius 2 is 1.90 bits per heavy atom. The average molecular weight is 319 g/mol. The first-order valence-electron chi connectivity index (χ1n) is 6.02. The van der Waals surface area contributed by atoms with Crippen molar-refractivity contribution in [2.45, 2.75) is 4.90 Å². The van der Waals surface area contributed by atoms with Crippen LogP contribution < -0.4 is 4.74 Å². The second-order valence-electron chi connectivity index (χ2n) is 4.34. The Hall–Kier alpha value is -1.31. The fourth-order valence-electron chi connectivity index (χ4n) is 2.01. The SMILES string of the molecule is COc1ccc(S(=O)(=O)N2CCN(C=O)CC2)cc1Cl. The molecule has 110 valence electrons. The van der Waals surface area contributed by atoms with Crippen LogP contribution in [0.1, 0.15) is 0 Å². The van der Waals surface area contributed by atoms with Gasteiger partial charge in [-0.05, 0) is 18.2 Å². The Bertz CT molecular complexity index is 597. The Balaban J connectivity index is 2.22. The molecule has 0 bridgehead atoms. The van der Waals surface area contributed by atoms with E-state index >= 15 is 0 Å². The third-order valence-corrected chi connectivity index (χ3v) is 5.37. The van der Waals surface area contributed by atoms with Crippen LogP contribution in [0.2, 0.25) is 5.02 Å². The summed E-state index contributed by atoms with van der Waals surface area (Å²) in [6, 6.07) is 4.37. The highest BCUT2D eigenvalue weighted by atomic mass is 35.5. The van der Waals surface area contributed by atoms with E-state index in [-0.39, 0.29) is 23.0 Å². The molecule has 1 aromatic rings. The van der Waals surface area contributed by atoms with Crippen LogP contribution in [0.3, 0.4) is 0 Å². The minimum absolute atomic E-state index is 0.128. The number of sulfonamides is 1. The Kier molecular flexibility index (Phi) is 4.52. The van der Waals surface area contributed by atoms with E-state index < -0.39 is 10.0 Å². The van der Waals surface area contributed by atoms with E-state index in [0.29, 0.717) is 18.8 Å². The fourth-order valence-corrected chi connectivity index (χ4v) is 3.78. The van der Waals surface area contributed by atoms with Gasteiger partial charge in [-0.15, -0.1) is 0 Å². The van der Waals surface area contributed by atoms with Gasteiger partial charge < -0.3 is 9.64 Å². The van der Waals surface area contributed by atoms with Crippen molar-refractivity contribution in [3.05, 3.63) is 23.2 Å². The van der Waals surface area contributed by atoms with Gasteiger partial charge in [-0.2, -0.15) is 4.31 Å². The first-order valence-corrected chi connectivity index (χ1v) is 7.84. The first-order chi connectivity index (χ1) is 9.48. The highest BCUT2D eigenvalue weighted by Gasteiger charge is 2.28. The fraction of sp³-hybridized carbons (Fsp3) is 0.417. The van der Waals surface area contributed by atoms with Gasteiger partial charge in [0, 0.05) is 26.2 Å². The number of amides is 1. The van der Waals surface area contributed by atoms with Gasteiger partial charge >= 0.3 is 0 Å². The molecule has 0 aromatic heterocycles. The van der Waals surface area contributed by atoms with Gasteiger partial charge in [0.1, 0.15) is 5.75 Å². The Labute approximate surface area is 122 Å². The van der Waals surface area contributed by atoms with Crippen molar-refractivity contribution >= 4 is 28.0 Å². The molecule has 0 radical (unpaired) electrons. The lowest BCUT2D eigenvalue weighted by Crippen LogP contribution is -2.47. The third kappa shape index (κ3) is 2.89. The van der Waals surface area contributed by atoms with Crippen LogP contribution in [0.4, 0.5) is 0 Å². The highest BCUT2D eigenvalue weighted by Crippen LogP contribution is 2.28. The predicted octanol–water partition coefficient (Wildman–Crippen LogP) is 0.811. The van der Waals surface area contributed by atoms with Crippen molar-refractivity contribution < 1.29 is 17.9 Å². The molecular formula is C12H15ClN2O4S. The largest absolute Gasteiger partial charge is 0.495 e. The van der Waals surface area contributed by atoms with Crippen molar-refractivity contribution in [2.75, 3.05) is 33.3 Å². The number of carbonyl (C=O) groups excluding carboxylic acids is 1. The first kappa shape index (κ1) is 15.1. The summed E-state index contributed by atoms with van der Waals surface area (Å²) in [4.78, 5) is 12.3. The summed E-state index contributed by atoms with van der Waals surface area (Å²) in [6.07, 6.45) is 0.730. The molecule has 0 unspecified atom stereocenters. The third-order valence-electron chi connectivity index (χ3n) is 3.18. The number of carbonyl (C=O) groups is 1. The maximum absolute atomic E-state index is 12.5. The average Bonchev–Trinajstić information content (AvgIpc) is 2.47. The summed E-state index contributed by atoms with van der Waals surface area (Å²) >= 11 is 5.96. The van der Waals surface area contributed by atoms with Gasteiger partial charge in [0.05, 0.1) is 17.0 Å². The van der Waals surface area contributed by atoms with Crippen LogP contribution in [0.25, 0.3) is 0 Å². The zero-order chi connectivity index (χ0) is 14.8. The molecule has 1 saturated heterocycles. The van der Waals surface area contributed by atoms with Crippen molar-refractivity contribution in [1.82, 2.24) is 9.21 Å². The second kappa shape index (κ2) is 5.99. The van der Waals surface area contributed by atoms with Crippen molar-refractivity contribution in [3.8, 4) is 5.75 Å². The second-order valence-corrected chi connectivity index (χ2v) is 6.69. The molecule has 0 N–H and O–H groups in total. The van der Waals surface area contributed by atoms with Crippen molar-refractivity contribution in [1.29, 1.82) is 0 Å². The normalized spacial score (nSPS) is 17.0. The number of halogens is 1.